The van der Waals surface area contributed by atoms with Crippen molar-refractivity contribution in [3.63, 3.8) is 0 Å². The predicted molar refractivity (Wildman–Crippen MR) is 116 cm³/mol. The summed E-state index contributed by atoms with van der Waals surface area (Å²) in [5.41, 5.74) is 2.24. The van der Waals surface area contributed by atoms with Gasteiger partial charge in [0.05, 0.1) is 0 Å². The third kappa shape index (κ3) is 5.60. The van der Waals surface area contributed by atoms with Gasteiger partial charge in [0.2, 0.25) is 0 Å². The minimum absolute atomic E-state index is 0.103. The molecular weight excluding hydrogens is 388 g/mol. The summed E-state index contributed by atoms with van der Waals surface area (Å²) in [7, 11) is 0. The van der Waals surface area contributed by atoms with Crippen molar-refractivity contribution in [3.05, 3.63) is 63.7 Å². The molecule has 0 fully saturated rings. The number of aliphatic carboxylic acids is 1. The number of Topliss-reactive ketones (excluding diaryl/α,β-unsaturated/α-hetero) is 1. The van der Waals surface area contributed by atoms with Crippen LogP contribution in [0.1, 0.15) is 54.7 Å². The van der Waals surface area contributed by atoms with E-state index in [9.17, 15) is 14.7 Å². The van der Waals surface area contributed by atoms with Crippen molar-refractivity contribution in [2.24, 2.45) is 11.8 Å². The van der Waals surface area contributed by atoms with Crippen LogP contribution in [0.25, 0.3) is 0 Å². The molecule has 0 amide bonds. The molecule has 0 heterocycles. The molecule has 29 heavy (non-hydrogen) atoms. The van der Waals surface area contributed by atoms with Crippen molar-refractivity contribution in [1.29, 1.82) is 0 Å². The van der Waals surface area contributed by atoms with Crippen LogP contribution in [0, 0.1) is 25.7 Å². The monoisotopic (exact) mass is 416 g/mol. The largest absolute Gasteiger partial charge is 0.478 e. The second-order valence-electron chi connectivity index (χ2n) is 8.32. The van der Waals surface area contributed by atoms with Crippen LogP contribution in [0.4, 0.5) is 0 Å². The van der Waals surface area contributed by atoms with Gasteiger partial charge in [-0.1, -0.05) is 37.6 Å². The van der Waals surface area contributed by atoms with Gasteiger partial charge in [0.1, 0.15) is 5.75 Å². The number of ketones is 1. The summed E-state index contributed by atoms with van der Waals surface area (Å²) in [6.07, 6.45) is 0.741. The van der Waals surface area contributed by atoms with Crippen LogP contribution in [-0.4, -0.2) is 22.5 Å². The fourth-order valence-electron chi connectivity index (χ4n) is 3.30. The molecule has 156 valence electrons. The Bertz CT molecular complexity index is 877. The lowest BCUT2D eigenvalue weighted by atomic mass is 9.84. The molecule has 0 aliphatic heterocycles. The number of carboxylic acid groups (broad SMARTS) is 1. The SMILES string of the molecule is Cc1cc(C[C@H](C)[C@@H](C)C(=O)c2ccc(Cl)cc2)cc(C)c1OC(C)(C)C(=O)O. The van der Waals surface area contributed by atoms with E-state index in [4.69, 9.17) is 16.3 Å². The van der Waals surface area contributed by atoms with E-state index in [0.29, 0.717) is 16.3 Å². The Labute approximate surface area is 177 Å². The minimum Gasteiger partial charge on any atom is -0.478 e. The second-order valence-corrected chi connectivity index (χ2v) is 8.75. The maximum Gasteiger partial charge on any atom is 0.347 e. The lowest BCUT2D eigenvalue weighted by Gasteiger charge is -2.25. The standard InChI is InChI=1S/C24H29ClO4/c1-14(17(4)21(26)19-7-9-20(25)10-8-19)11-18-12-15(2)22(16(3)13-18)29-24(5,6)23(27)28/h7-10,12-14,17H,11H2,1-6H3,(H,27,28)/t14-,17+/m0/s1. The summed E-state index contributed by atoms with van der Waals surface area (Å²) < 4.78 is 5.77. The van der Waals surface area contributed by atoms with Crippen molar-refractivity contribution < 1.29 is 19.4 Å². The normalized spacial score (nSPS) is 13.6. The molecule has 0 aliphatic carbocycles. The van der Waals surface area contributed by atoms with E-state index in [-0.39, 0.29) is 17.6 Å². The molecule has 0 unspecified atom stereocenters. The van der Waals surface area contributed by atoms with Gasteiger partial charge in [-0.25, -0.2) is 4.79 Å². The number of rotatable bonds is 8. The van der Waals surface area contributed by atoms with Crippen LogP contribution in [0.3, 0.4) is 0 Å². The van der Waals surface area contributed by atoms with Crippen molar-refractivity contribution in [2.45, 2.75) is 53.6 Å². The molecule has 5 heteroatoms. The second kappa shape index (κ2) is 9.00. The molecule has 0 saturated carbocycles. The smallest absolute Gasteiger partial charge is 0.347 e. The third-order valence-electron chi connectivity index (χ3n) is 5.35. The van der Waals surface area contributed by atoms with E-state index in [1.807, 2.05) is 32.9 Å². The molecule has 2 atom stereocenters. The van der Waals surface area contributed by atoms with Crippen LogP contribution >= 0.6 is 11.6 Å². The van der Waals surface area contributed by atoms with Crippen molar-refractivity contribution in [3.8, 4) is 5.75 Å². The van der Waals surface area contributed by atoms with Gasteiger partial charge in [-0.2, -0.15) is 0 Å². The predicted octanol–water partition coefficient (Wildman–Crippen LogP) is 5.90. The lowest BCUT2D eigenvalue weighted by Crippen LogP contribution is -2.38. The molecule has 0 aliphatic rings. The number of carbonyl (C=O) groups is 2. The highest BCUT2D eigenvalue weighted by molar-refractivity contribution is 6.30. The van der Waals surface area contributed by atoms with Gasteiger partial charge >= 0.3 is 5.97 Å². The summed E-state index contributed by atoms with van der Waals surface area (Å²) in [5, 5.41) is 9.93. The van der Waals surface area contributed by atoms with Crippen molar-refractivity contribution >= 4 is 23.4 Å². The Morgan fingerprint density at radius 1 is 1.07 bits per heavy atom. The molecule has 0 spiro atoms. The van der Waals surface area contributed by atoms with Gasteiger partial charge in [0.15, 0.2) is 11.4 Å². The Morgan fingerprint density at radius 3 is 2.07 bits per heavy atom. The molecule has 1 N–H and O–H groups in total. The van der Waals surface area contributed by atoms with E-state index >= 15 is 0 Å². The number of halogens is 1. The van der Waals surface area contributed by atoms with Gasteiger partial charge in [-0.05, 0) is 81.0 Å². The number of carbonyl (C=O) groups excluding carboxylic acids is 1. The number of carboxylic acids is 1. The quantitative estimate of drug-likeness (QED) is 0.544. The van der Waals surface area contributed by atoms with E-state index in [2.05, 4.69) is 6.92 Å². The zero-order valence-electron chi connectivity index (χ0n) is 17.9. The number of hydrogen-bond acceptors (Lipinski definition) is 3. The average molecular weight is 417 g/mol. The summed E-state index contributed by atoms with van der Waals surface area (Å²) in [4.78, 5) is 24.1. The Hall–Kier alpha value is -2.33. The number of ether oxygens (including phenoxy) is 1. The molecule has 0 aromatic heterocycles. The summed E-state index contributed by atoms with van der Waals surface area (Å²) in [5.74, 6) is -0.314. The van der Waals surface area contributed by atoms with Crippen molar-refractivity contribution in [1.82, 2.24) is 0 Å². The van der Waals surface area contributed by atoms with E-state index < -0.39 is 11.6 Å². The fourth-order valence-corrected chi connectivity index (χ4v) is 3.43. The molecule has 4 nitrogen and oxygen atoms in total. The molecule has 0 radical (unpaired) electrons. The van der Waals surface area contributed by atoms with E-state index in [1.165, 1.54) is 13.8 Å². The number of aryl methyl sites for hydroxylation is 2. The Kier molecular flexibility index (Phi) is 7.12. The maximum absolute atomic E-state index is 12.8. The molecule has 0 bridgehead atoms. The zero-order chi connectivity index (χ0) is 21.9. The van der Waals surface area contributed by atoms with Crippen molar-refractivity contribution in [2.75, 3.05) is 0 Å². The summed E-state index contributed by atoms with van der Waals surface area (Å²) in [6, 6.07) is 11.0. The summed E-state index contributed by atoms with van der Waals surface area (Å²) in [6.45, 7) is 10.9. The number of hydrogen-bond donors (Lipinski definition) is 1. The van der Waals surface area contributed by atoms with Gasteiger partial charge in [-0.3, -0.25) is 4.79 Å². The zero-order valence-corrected chi connectivity index (χ0v) is 18.6. The van der Waals surface area contributed by atoms with Crippen LogP contribution < -0.4 is 4.74 Å². The van der Waals surface area contributed by atoms with Gasteiger partial charge < -0.3 is 9.84 Å². The van der Waals surface area contributed by atoms with Gasteiger partial charge in [0.25, 0.3) is 0 Å². The van der Waals surface area contributed by atoms with E-state index in [0.717, 1.165) is 23.1 Å². The minimum atomic E-state index is -1.30. The van der Waals surface area contributed by atoms with Gasteiger partial charge in [-0.15, -0.1) is 0 Å². The first kappa shape index (κ1) is 23.0. The first-order valence-electron chi connectivity index (χ1n) is 9.74. The summed E-state index contributed by atoms with van der Waals surface area (Å²) >= 11 is 5.91. The third-order valence-corrected chi connectivity index (χ3v) is 5.60. The molecular formula is C24H29ClO4. The van der Waals surface area contributed by atoms with Crippen LogP contribution in [0.5, 0.6) is 5.75 Å². The van der Waals surface area contributed by atoms with E-state index in [1.54, 1.807) is 24.3 Å². The highest BCUT2D eigenvalue weighted by Gasteiger charge is 2.30. The average Bonchev–Trinajstić information content (AvgIpc) is 2.64. The highest BCUT2D eigenvalue weighted by Crippen LogP contribution is 2.31. The maximum atomic E-state index is 12.8. The lowest BCUT2D eigenvalue weighted by molar-refractivity contribution is -0.152. The first-order chi connectivity index (χ1) is 13.4. The van der Waals surface area contributed by atoms with Gasteiger partial charge in [0, 0.05) is 16.5 Å². The van der Waals surface area contributed by atoms with Crippen LogP contribution in [0.2, 0.25) is 5.02 Å². The topological polar surface area (TPSA) is 63.6 Å². The highest BCUT2D eigenvalue weighted by atomic mass is 35.5. The molecule has 0 saturated heterocycles. The molecule has 2 rings (SSSR count). The first-order valence-corrected chi connectivity index (χ1v) is 10.1. The van der Waals surface area contributed by atoms with Crippen LogP contribution in [-0.2, 0) is 11.2 Å². The number of benzene rings is 2. The molecule has 2 aromatic carbocycles. The molecule has 2 aromatic rings. The Balaban J connectivity index is 2.16. The fraction of sp³-hybridized carbons (Fsp3) is 0.417. The van der Waals surface area contributed by atoms with Crippen LogP contribution in [0.15, 0.2) is 36.4 Å². The Morgan fingerprint density at radius 2 is 1.59 bits per heavy atom.